The van der Waals surface area contributed by atoms with Crippen molar-refractivity contribution in [3.05, 3.63) is 30.3 Å². The number of carbonyl (C=O) groups is 1. The fourth-order valence-corrected chi connectivity index (χ4v) is 1.20. The summed E-state index contributed by atoms with van der Waals surface area (Å²) in [5, 5.41) is 2.77. The molecule has 1 amide bonds. The molecular formula is C11H16N2O2. The fraction of sp³-hybridized carbons (Fsp3) is 0.364. The monoisotopic (exact) mass is 208 g/mol. The van der Waals surface area contributed by atoms with Crippen LogP contribution in [-0.2, 0) is 9.53 Å². The number of rotatable bonds is 5. The number of hydrogen-bond donors (Lipinski definition) is 2. The molecule has 3 N–H and O–H groups in total. The maximum atomic E-state index is 11.5. The quantitative estimate of drug-likeness (QED) is 0.758. The smallest absolute Gasteiger partial charge is 0.227 e. The summed E-state index contributed by atoms with van der Waals surface area (Å²) < 4.78 is 5.02. The molecular weight excluding hydrogens is 192 g/mol. The summed E-state index contributed by atoms with van der Waals surface area (Å²) in [4.78, 5) is 11.5. The van der Waals surface area contributed by atoms with Gasteiger partial charge in [0.05, 0.1) is 12.5 Å². The molecule has 1 aromatic carbocycles. The van der Waals surface area contributed by atoms with Crippen LogP contribution in [-0.4, -0.2) is 25.7 Å². The molecule has 4 nitrogen and oxygen atoms in total. The molecule has 1 atom stereocenters. The number of nitrogens with two attached hydrogens (primary N) is 1. The van der Waals surface area contributed by atoms with Crippen molar-refractivity contribution in [1.29, 1.82) is 0 Å². The second-order valence-corrected chi connectivity index (χ2v) is 3.21. The summed E-state index contributed by atoms with van der Waals surface area (Å²) in [6.07, 6.45) is 0.0655. The van der Waals surface area contributed by atoms with Crippen molar-refractivity contribution >= 4 is 11.6 Å². The van der Waals surface area contributed by atoms with Crippen molar-refractivity contribution in [3.63, 3.8) is 0 Å². The van der Waals surface area contributed by atoms with Crippen molar-refractivity contribution in [2.24, 2.45) is 5.73 Å². The minimum absolute atomic E-state index is 0.0847. The number of para-hydroxylation sites is 1. The molecule has 0 aliphatic carbocycles. The highest BCUT2D eigenvalue weighted by molar-refractivity contribution is 5.90. The Morgan fingerprint density at radius 3 is 2.67 bits per heavy atom. The molecule has 0 spiro atoms. The third-order valence-corrected chi connectivity index (χ3v) is 2.07. The lowest BCUT2D eigenvalue weighted by molar-refractivity contribution is -0.118. The van der Waals surface area contributed by atoms with Crippen LogP contribution >= 0.6 is 0 Å². The molecule has 82 valence electrons. The summed E-state index contributed by atoms with van der Waals surface area (Å²) >= 11 is 0. The lowest BCUT2D eigenvalue weighted by Gasteiger charge is -2.12. The normalized spacial score (nSPS) is 12.1. The van der Waals surface area contributed by atoms with Crippen molar-refractivity contribution in [2.75, 3.05) is 19.0 Å². The van der Waals surface area contributed by atoms with Crippen molar-refractivity contribution < 1.29 is 9.53 Å². The van der Waals surface area contributed by atoms with Gasteiger partial charge in [-0.2, -0.15) is 0 Å². The highest BCUT2D eigenvalue weighted by Crippen LogP contribution is 2.06. The van der Waals surface area contributed by atoms with Gasteiger partial charge >= 0.3 is 0 Å². The number of hydrogen-bond acceptors (Lipinski definition) is 3. The molecule has 4 heteroatoms. The summed E-state index contributed by atoms with van der Waals surface area (Å²) in [6.45, 7) is 0.346. The van der Waals surface area contributed by atoms with E-state index in [9.17, 15) is 4.79 Å². The van der Waals surface area contributed by atoms with E-state index in [0.717, 1.165) is 5.69 Å². The van der Waals surface area contributed by atoms with Gasteiger partial charge in [-0.05, 0) is 12.1 Å². The number of carbonyl (C=O) groups excluding carboxylic acids is 1. The Bertz CT molecular complexity index is 297. The number of ether oxygens (including phenoxy) is 1. The van der Waals surface area contributed by atoms with Crippen LogP contribution in [0.5, 0.6) is 0 Å². The first-order chi connectivity index (χ1) is 7.26. The Hall–Kier alpha value is -1.39. The average Bonchev–Trinajstić information content (AvgIpc) is 2.27. The number of nitrogens with one attached hydrogen (secondary N) is 1. The molecule has 0 saturated heterocycles. The van der Waals surface area contributed by atoms with Crippen LogP contribution in [0.1, 0.15) is 6.42 Å². The summed E-state index contributed by atoms with van der Waals surface area (Å²) in [6, 6.07) is 9.30. The van der Waals surface area contributed by atoms with Crippen LogP contribution < -0.4 is 11.1 Å². The predicted octanol–water partition coefficient (Wildman–Crippen LogP) is 0.989. The zero-order chi connectivity index (χ0) is 11.1. The molecule has 1 unspecified atom stereocenters. The molecule has 0 fully saturated rings. The number of anilines is 1. The Balaban J connectivity index is 2.43. The van der Waals surface area contributed by atoms with E-state index in [-0.39, 0.29) is 18.4 Å². The van der Waals surface area contributed by atoms with E-state index in [2.05, 4.69) is 5.32 Å². The average molecular weight is 208 g/mol. The highest BCUT2D eigenvalue weighted by Gasteiger charge is 2.10. The first-order valence-electron chi connectivity index (χ1n) is 4.84. The first-order valence-corrected chi connectivity index (χ1v) is 4.84. The van der Waals surface area contributed by atoms with Gasteiger partial charge in [-0.25, -0.2) is 0 Å². The first kappa shape index (κ1) is 11.7. The van der Waals surface area contributed by atoms with E-state index >= 15 is 0 Å². The van der Waals surface area contributed by atoms with Crippen LogP contribution in [0, 0.1) is 0 Å². The second-order valence-electron chi connectivity index (χ2n) is 3.21. The van der Waals surface area contributed by atoms with Gasteiger partial charge in [0.2, 0.25) is 5.91 Å². The van der Waals surface area contributed by atoms with E-state index in [0.29, 0.717) is 6.54 Å². The standard InChI is InChI=1S/C11H16N2O2/c1-15-10(8-12)7-11(14)13-9-5-3-2-4-6-9/h2-6,10H,7-8,12H2,1H3,(H,13,14). The van der Waals surface area contributed by atoms with Crippen LogP contribution in [0.15, 0.2) is 30.3 Å². The zero-order valence-corrected chi connectivity index (χ0v) is 8.77. The van der Waals surface area contributed by atoms with E-state index in [4.69, 9.17) is 10.5 Å². The van der Waals surface area contributed by atoms with Gasteiger partial charge in [0, 0.05) is 19.3 Å². The number of benzene rings is 1. The molecule has 1 aromatic rings. The molecule has 0 bridgehead atoms. The van der Waals surface area contributed by atoms with Crippen molar-refractivity contribution in [2.45, 2.75) is 12.5 Å². The Labute approximate surface area is 89.4 Å². The highest BCUT2D eigenvalue weighted by atomic mass is 16.5. The van der Waals surface area contributed by atoms with Crippen LogP contribution in [0.25, 0.3) is 0 Å². The third-order valence-electron chi connectivity index (χ3n) is 2.07. The molecule has 0 saturated carbocycles. The molecule has 1 rings (SSSR count). The molecule has 0 heterocycles. The van der Waals surface area contributed by atoms with Crippen LogP contribution in [0.3, 0.4) is 0 Å². The van der Waals surface area contributed by atoms with E-state index in [1.165, 1.54) is 0 Å². The summed E-state index contributed by atoms with van der Waals surface area (Å²) in [5.74, 6) is -0.0847. The van der Waals surface area contributed by atoms with Crippen LogP contribution in [0.2, 0.25) is 0 Å². The maximum Gasteiger partial charge on any atom is 0.227 e. The van der Waals surface area contributed by atoms with Gasteiger partial charge in [-0.1, -0.05) is 18.2 Å². The Morgan fingerprint density at radius 1 is 1.47 bits per heavy atom. The number of amides is 1. The van der Waals surface area contributed by atoms with Gasteiger partial charge < -0.3 is 15.8 Å². The van der Waals surface area contributed by atoms with Crippen LogP contribution in [0.4, 0.5) is 5.69 Å². The molecule has 0 aromatic heterocycles. The van der Waals surface area contributed by atoms with E-state index in [1.807, 2.05) is 30.3 Å². The summed E-state index contributed by atoms with van der Waals surface area (Å²) in [7, 11) is 1.55. The molecule has 0 aliphatic heterocycles. The van der Waals surface area contributed by atoms with Gasteiger partial charge in [0.1, 0.15) is 0 Å². The van der Waals surface area contributed by atoms with E-state index in [1.54, 1.807) is 7.11 Å². The Kier molecular flexibility index (Phi) is 4.80. The van der Waals surface area contributed by atoms with Crippen molar-refractivity contribution in [3.8, 4) is 0 Å². The third kappa shape index (κ3) is 4.10. The summed E-state index contributed by atoms with van der Waals surface area (Å²) in [5.41, 5.74) is 6.21. The fourth-order valence-electron chi connectivity index (χ4n) is 1.20. The Morgan fingerprint density at radius 2 is 2.13 bits per heavy atom. The lowest BCUT2D eigenvalue weighted by Crippen LogP contribution is -2.28. The lowest BCUT2D eigenvalue weighted by atomic mass is 10.2. The van der Waals surface area contributed by atoms with Crippen molar-refractivity contribution in [1.82, 2.24) is 0 Å². The number of methoxy groups -OCH3 is 1. The largest absolute Gasteiger partial charge is 0.380 e. The second kappa shape index (κ2) is 6.16. The molecule has 0 radical (unpaired) electrons. The molecule has 0 aliphatic rings. The van der Waals surface area contributed by atoms with Gasteiger partial charge in [0.25, 0.3) is 0 Å². The van der Waals surface area contributed by atoms with Gasteiger partial charge in [0.15, 0.2) is 0 Å². The maximum absolute atomic E-state index is 11.5. The van der Waals surface area contributed by atoms with E-state index < -0.39 is 0 Å². The minimum atomic E-state index is -0.214. The van der Waals surface area contributed by atoms with Gasteiger partial charge in [-0.15, -0.1) is 0 Å². The van der Waals surface area contributed by atoms with Gasteiger partial charge in [-0.3, -0.25) is 4.79 Å². The SMILES string of the molecule is COC(CN)CC(=O)Nc1ccccc1. The minimum Gasteiger partial charge on any atom is -0.380 e. The molecule has 15 heavy (non-hydrogen) atoms. The predicted molar refractivity (Wildman–Crippen MR) is 59.5 cm³/mol. The topological polar surface area (TPSA) is 64.3 Å². The zero-order valence-electron chi connectivity index (χ0n) is 8.77.